The molecule has 124 valence electrons. The van der Waals surface area contributed by atoms with Crippen LogP contribution in [0.2, 0.25) is 0 Å². The Bertz CT molecular complexity index is 661. The standard InChI is InChI=1S/C14H19N5O2S2/c1-14(2,3)17-12(21)16-11(20)8-23-13-15-10(18-19-13)7-9-5-4-6-22-9/h4-6H,7-8H2,1-3H3,(H,15,18,19)(H2,16,17,20,21). The monoisotopic (exact) mass is 353 g/mol. The molecule has 2 heterocycles. The number of aromatic amines is 1. The summed E-state index contributed by atoms with van der Waals surface area (Å²) < 4.78 is 0. The third-order valence-corrected chi connectivity index (χ3v) is 4.23. The Balaban J connectivity index is 1.76. The second kappa shape index (κ2) is 7.60. The van der Waals surface area contributed by atoms with Gasteiger partial charge in [-0.1, -0.05) is 17.8 Å². The SMILES string of the molecule is CC(C)(C)NC(=O)NC(=O)CSc1n[nH]c(Cc2cccs2)n1. The van der Waals surface area contributed by atoms with Gasteiger partial charge in [0.25, 0.3) is 0 Å². The Morgan fingerprint density at radius 2 is 2.17 bits per heavy atom. The lowest BCUT2D eigenvalue weighted by Gasteiger charge is -2.20. The van der Waals surface area contributed by atoms with E-state index in [9.17, 15) is 9.59 Å². The van der Waals surface area contributed by atoms with Crippen LogP contribution in [0.25, 0.3) is 0 Å². The van der Waals surface area contributed by atoms with E-state index < -0.39 is 11.6 Å². The Labute approximate surface area is 142 Å². The summed E-state index contributed by atoms with van der Waals surface area (Å²) in [6, 6.07) is 3.51. The third kappa shape index (κ3) is 6.41. The molecular formula is C14H19N5O2S2. The van der Waals surface area contributed by atoms with Crippen LogP contribution in [0.15, 0.2) is 22.7 Å². The summed E-state index contributed by atoms with van der Waals surface area (Å²) in [4.78, 5) is 28.8. The van der Waals surface area contributed by atoms with Gasteiger partial charge in [-0.2, -0.15) is 0 Å². The van der Waals surface area contributed by atoms with Crippen LogP contribution in [0, 0.1) is 0 Å². The van der Waals surface area contributed by atoms with Gasteiger partial charge in [0.05, 0.1) is 5.75 Å². The molecule has 9 heteroatoms. The van der Waals surface area contributed by atoms with Crippen molar-refractivity contribution in [2.45, 2.75) is 37.9 Å². The lowest BCUT2D eigenvalue weighted by molar-refractivity contribution is -0.117. The Kier molecular flexibility index (Phi) is 5.78. The second-order valence-corrected chi connectivity index (χ2v) is 7.84. The molecule has 2 aromatic heterocycles. The van der Waals surface area contributed by atoms with Gasteiger partial charge in [0.1, 0.15) is 5.82 Å². The molecule has 3 amide bonds. The third-order valence-electron chi connectivity index (χ3n) is 2.51. The number of urea groups is 1. The van der Waals surface area contributed by atoms with Crippen molar-refractivity contribution in [1.82, 2.24) is 25.8 Å². The number of thioether (sulfide) groups is 1. The summed E-state index contributed by atoms with van der Waals surface area (Å²) in [5.41, 5.74) is -0.391. The highest BCUT2D eigenvalue weighted by Crippen LogP contribution is 2.16. The number of rotatable bonds is 5. The first-order valence-electron chi connectivity index (χ1n) is 7.00. The largest absolute Gasteiger partial charge is 0.333 e. The number of carbonyl (C=O) groups is 2. The molecule has 0 radical (unpaired) electrons. The zero-order chi connectivity index (χ0) is 16.9. The first kappa shape index (κ1) is 17.5. The van der Waals surface area contributed by atoms with Gasteiger partial charge in [-0.3, -0.25) is 15.2 Å². The Morgan fingerprint density at radius 3 is 2.83 bits per heavy atom. The van der Waals surface area contributed by atoms with Crippen molar-refractivity contribution >= 4 is 35.0 Å². The van der Waals surface area contributed by atoms with Crippen LogP contribution < -0.4 is 10.6 Å². The van der Waals surface area contributed by atoms with E-state index in [1.54, 1.807) is 11.3 Å². The highest BCUT2D eigenvalue weighted by atomic mass is 32.2. The summed E-state index contributed by atoms with van der Waals surface area (Å²) in [7, 11) is 0. The van der Waals surface area contributed by atoms with Crippen molar-refractivity contribution in [1.29, 1.82) is 0 Å². The number of nitrogens with one attached hydrogen (secondary N) is 3. The van der Waals surface area contributed by atoms with Crippen molar-refractivity contribution in [2.75, 3.05) is 5.75 Å². The zero-order valence-corrected chi connectivity index (χ0v) is 14.8. The first-order chi connectivity index (χ1) is 10.8. The van der Waals surface area contributed by atoms with Gasteiger partial charge in [-0.25, -0.2) is 9.78 Å². The van der Waals surface area contributed by atoms with E-state index in [0.717, 1.165) is 5.82 Å². The molecule has 0 aromatic carbocycles. The number of H-pyrrole nitrogens is 1. The summed E-state index contributed by atoms with van der Waals surface area (Å²) in [5.74, 6) is 0.440. The van der Waals surface area contributed by atoms with Gasteiger partial charge in [0.15, 0.2) is 0 Å². The van der Waals surface area contributed by atoms with Crippen molar-refractivity contribution in [3.8, 4) is 0 Å². The van der Waals surface area contributed by atoms with E-state index in [1.165, 1.54) is 16.6 Å². The molecule has 7 nitrogen and oxygen atoms in total. The Morgan fingerprint density at radius 1 is 1.39 bits per heavy atom. The average Bonchev–Trinajstić information content (AvgIpc) is 3.06. The minimum absolute atomic E-state index is 0.0772. The van der Waals surface area contributed by atoms with Crippen LogP contribution in [-0.2, 0) is 11.2 Å². The average molecular weight is 353 g/mol. The maximum Gasteiger partial charge on any atom is 0.321 e. The van der Waals surface area contributed by atoms with Crippen LogP contribution in [0.4, 0.5) is 4.79 Å². The topological polar surface area (TPSA) is 99.8 Å². The van der Waals surface area contributed by atoms with E-state index in [1.807, 2.05) is 38.3 Å². The summed E-state index contributed by atoms with van der Waals surface area (Å²) in [6.07, 6.45) is 0.686. The molecule has 0 bridgehead atoms. The normalized spacial score (nSPS) is 11.3. The number of aromatic nitrogens is 3. The highest BCUT2D eigenvalue weighted by molar-refractivity contribution is 7.99. The van der Waals surface area contributed by atoms with Crippen LogP contribution >= 0.6 is 23.1 Å². The van der Waals surface area contributed by atoms with Crippen LogP contribution in [0.3, 0.4) is 0 Å². The molecular weight excluding hydrogens is 334 g/mol. The second-order valence-electron chi connectivity index (χ2n) is 5.86. The molecule has 3 N–H and O–H groups in total. The van der Waals surface area contributed by atoms with E-state index >= 15 is 0 Å². The van der Waals surface area contributed by atoms with E-state index in [2.05, 4.69) is 25.8 Å². The number of carbonyl (C=O) groups excluding carboxylic acids is 2. The van der Waals surface area contributed by atoms with Crippen LogP contribution in [-0.4, -0.2) is 38.4 Å². The quantitative estimate of drug-likeness (QED) is 0.716. The highest BCUT2D eigenvalue weighted by Gasteiger charge is 2.16. The van der Waals surface area contributed by atoms with Crippen molar-refractivity contribution < 1.29 is 9.59 Å². The molecule has 0 aliphatic heterocycles. The number of hydrogen-bond acceptors (Lipinski definition) is 6. The molecule has 0 unspecified atom stereocenters. The van der Waals surface area contributed by atoms with E-state index in [-0.39, 0.29) is 11.7 Å². The molecule has 0 atom stereocenters. The van der Waals surface area contributed by atoms with Gasteiger partial charge < -0.3 is 5.32 Å². The number of hydrogen-bond donors (Lipinski definition) is 3. The minimum atomic E-state index is -0.503. The van der Waals surface area contributed by atoms with E-state index in [0.29, 0.717) is 11.6 Å². The van der Waals surface area contributed by atoms with Gasteiger partial charge in [0.2, 0.25) is 11.1 Å². The predicted molar refractivity (Wildman–Crippen MR) is 90.7 cm³/mol. The Hall–Kier alpha value is -1.87. The smallest absolute Gasteiger partial charge is 0.321 e. The lowest BCUT2D eigenvalue weighted by atomic mass is 10.1. The molecule has 0 spiro atoms. The number of nitrogens with zero attached hydrogens (tertiary/aromatic N) is 2. The van der Waals surface area contributed by atoms with Crippen molar-refractivity contribution in [3.05, 3.63) is 28.2 Å². The van der Waals surface area contributed by atoms with Gasteiger partial charge in [-0.15, -0.1) is 16.4 Å². The van der Waals surface area contributed by atoms with Gasteiger partial charge in [-0.05, 0) is 32.2 Å². The van der Waals surface area contributed by atoms with Crippen molar-refractivity contribution in [2.24, 2.45) is 0 Å². The zero-order valence-electron chi connectivity index (χ0n) is 13.2. The van der Waals surface area contributed by atoms with Crippen LogP contribution in [0.1, 0.15) is 31.5 Å². The summed E-state index contributed by atoms with van der Waals surface area (Å²) in [5, 5.41) is 14.3. The fourth-order valence-corrected chi connectivity index (χ4v) is 2.99. The molecule has 0 fully saturated rings. The molecule has 2 aromatic rings. The summed E-state index contributed by atoms with van der Waals surface area (Å²) >= 11 is 2.83. The molecule has 0 aliphatic carbocycles. The summed E-state index contributed by atoms with van der Waals surface area (Å²) in [6.45, 7) is 5.53. The molecule has 0 aliphatic rings. The van der Waals surface area contributed by atoms with Crippen molar-refractivity contribution in [3.63, 3.8) is 0 Å². The molecule has 2 rings (SSSR count). The fourth-order valence-electron chi connectivity index (χ4n) is 1.66. The molecule has 23 heavy (non-hydrogen) atoms. The van der Waals surface area contributed by atoms with Crippen LogP contribution in [0.5, 0.6) is 0 Å². The minimum Gasteiger partial charge on any atom is -0.333 e. The molecule has 0 saturated heterocycles. The lowest BCUT2D eigenvalue weighted by Crippen LogP contribution is -2.48. The maximum atomic E-state index is 11.7. The van der Waals surface area contributed by atoms with Gasteiger partial charge >= 0.3 is 6.03 Å². The number of amides is 3. The predicted octanol–water partition coefficient (Wildman–Crippen LogP) is 2.17. The molecule has 0 saturated carbocycles. The number of imide groups is 1. The first-order valence-corrected chi connectivity index (χ1v) is 8.87. The van der Waals surface area contributed by atoms with E-state index in [4.69, 9.17) is 0 Å². The van der Waals surface area contributed by atoms with Gasteiger partial charge in [0, 0.05) is 16.8 Å². The fraction of sp³-hybridized carbons (Fsp3) is 0.429. The maximum absolute atomic E-state index is 11.7. The number of thiophene rings is 1.